The molecule has 1 N–H and O–H groups in total. The van der Waals surface area contributed by atoms with Crippen LogP contribution < -0.4 is 0 Å². The Morgan fingerprint density at radius 3 is 1.94 bits per heavy atom. The van der Waals surface area contributed by atoms with Crippen molar-refractivity contribution >= 4 is 23.8 Å². The van der Waals surface area contributed by atoms with E-state index in [9.17, 15) is 14.4 Å². The topological polar surface area (TPSA) is 83.7 Å². The number of carboxylic acids is 1. The number of hydrogen-bond donors (Lipinski definition) is 1. The molecule has 17 heavy (non-hydrogen) atoms. The second-order valence-electron chi connectivity index (χ2n) is 3.70. The van der Waals surface area contributed by atoms with Crippen LogP contribution in [0.5, 0.6) is 0 Å². The van der Waals surface area contributed by atoms with Gasteiger partial charge in [0.05, 0.1) is 6.42 Å². The Kier molecular flexibility index (Phi) is 7.79. The number of ketones is 2. The number of aliphatic carboxylic acids is 1. The number of ether oxygens (including phenoxy) is 1. The van der Waals surface area contributed by atoms with Gasteiger partial charge in [0.25, 0.3) is 0 Å². The minimum Gasteiger partial charge on any atom is -0.474 e. The number of carbonyl (C=O) groups is 3. The highest BCUT2D eigenvalue weighted by Crippen LogP contribution is 1.86. The van der Waals surface area contributed by atoms with Gasteiger partial charge in [-0.25, -0.2) is 9.37 Å². The van der Waals surface area contributed by atoms with Gasteiger partial charge in [-0.3, -0.25) is 9.59 Å². The SMILES string of the molecule is CC(=O)CC(C)=O.O=C(O)C=[N+]1CCOCC1. The van der Waals surface area contributed by atoms with Gasteiger partial charge in [0, 0.05) is 0 Å². The van der Waals surface area contributed by atoms with Gasteiger partial charge in [0.1, 0.15) is 24.8 Å². The van der Waals surface area contributed by atoms with Crippen LogP contribution in [0, 0.1) is 0 Å². The summed E-state index contributed by atoms with van der Waals surface area (Å²) in [5, 5.41) is 8.33. The van der Waals surface area contributed by atoms with Gasteiger partial charge in [0.2, 0.25) is 6.21 Å². The monoisotopic (exact) mass is 244 g/mol. The molecule has 1 rings (SSSR count). The van der Waals surface area contributed by atoms with E-state index in [1.165, 1.54) is 20.1 Å². The first-order valence-corrected chi connectivity index (χ1v) is 5.30. The largest absolute Gasteiger partial charge is 0.474 e. The molecule has 1 aliphatic rings. The van der Waals surface area contributed by atoms with Crippen LogP contribution in [0.3, 0.4) is 0 Å². The molecule has 0 saturated carbocycles. The summed E-state index contributed by atoms with van der Waals surface area (Å²) in [5.74, 6) is -1.01. The third-order valence-corrected chi connectivity index (χ3v) is 1.84. The number of carbonyl (C=O) groups excluding carboxylic acids is 2. The predicted octanol–water partition coefficient (Wildman–Crippen LogP) is -0.261. The maximum absolute atomic E-state index is 10.1. The van der Waals surface area contributed by atoms with Crippen molar-refractivity contribution in [2.24, 2.45) is 0 Å². The third kappa shape index (κ3) is 10.7. The number of Topliss-reactive ketones (excluding diaryl/α,β-unsaturated/α-hetero) is 2. The summed E-state index contributed by atoms with van der Waals surface area (Å²) in [5.41, 5.74) is 0. The Morgan fingerprint density at radius 2 is 1.65 bits per heavy atom. The highest BCUT2D eigenvalue weighted by atomic mass is 16.5. The van der Waals surface area contributed by atoms with Crippen molar-refractivity contribution in [1.29, 1.82) is 0 Å². The molecule has 6 nitrogen and oxygen atoms in total. The molecule has 1 fully saturated rings. The lowest BCUT2D eigenvalue weighted by Crippen LogP contribution is -2.30. The van der Waals surface area contributed by atoms with Crippen LogP contribution in [-0.2, 0) is 19.1 Å². The van der Waals surface area contributed by atoms with Crippen LogP contribution in [0.1, 0.15) is 20.3 Å². The Hall–Kier alpha value is -1.56. The summed E-state index contributed by atoms with van der Waals surface area (Å²) in [6.07, 6.45) is 1.28. The maximum Gasteiger partial charge on any atom is 0.392 e. The van der Waals surface area contributed by atoms with Crippen LogP contribution in [0.15, 0.2) is 0 Å². The highest BCUT2D eigenvalue weighted by molar-refractivity contribution is 6.19. The van der Waals surface area contributed by atoms with E-state index in [2.05, 4.69) is 0 Å². The van der Waals surface area contributed by atoms with Crippen molar-refractivity contribution in [3.8, 4) is 0 Å². The van der Waals surface area contributed by atoms with Crippen molar-refractivity contribution in [2.45, 2.75) is 20.3 Å². The minimum absolute atomic E-state index is 0.0625. The lowest BCUT2D eigenvalue weighted by molar-refractivity contribution is -0.544. The Morgan fingerprint density at radius 1 is 1.18 bits per heavy atom. The van der Waals surface area contributed by atoms with Gasteiger partial charge in [-0.2, -0.15) is 0 Å². The molecule has 1 heterocycles. The molecule has 0 aliphatic carbocycles. The van der Waals surface area contributed by atoms with Crippen LogP contribution in [-0.4, -0.2) is 59.7 Å². The standard InChI is InChI=1S/C6H9NO3.C5H8O2/c8-6(9)5-7-1-3-10-4-2-7;1-4(6)3-5(2)7/h5H,1-4H2;3H2,1-2H3/p+1. The van der Waals surface area contributed by atoms with E-state index in [4.69, 9.17) is 9.84 Å². The van der Waals surface area contributed by atoms with Gasteiger partial charge in [-0.1, -0.05) is 0 Å². The molecule has 96 valence electrons. The summed E-state index contributed by atoms with van der Waals surface area (Å²) in [7, 11) is 0. The molecule has 0 aromatic heterocycles. The molecular weight excluding hydrogens is 226 g/mol. The molecule has 1 saturated heterocycles. The highest BCUT2D eigenvalue weighted by Gasteiger charge is 2.11. The molecule has 0 aromatic carbocycles. The molecule has 0 bridgehead atoms. The molecule has 0 unspecified atom stereocenters. The third-order valence-electron chi connectivity index (χ3n) is 1.84. The van der Waals surface area contributed by atoms with Crippen molar-refractivity contribution in [3.05, 3.63) is 0 Å². The van der Waals surface area contributed by atoms with Crippen molar-refractivity contribution in [3.63, 3.8) is 0 Å². The van der Waals surface area contributed by atoms with Gasteiger partial charge in [0.15, 0.2) is 13.1 Å². The lowest BCUT2D eigenvalue weighted by Gasteiger charge is -2.08. The number of morpholine rings is 1. The maximum atomic E-state index is 10.1. The fourth-order valence-electron chi connectivity index (χ4n) is 1.21. The van der Waals surface area contributed by atoms with E-state index in [0.29, 0.717) is 26.3 Å². The average Bonchev–Trinajstić information content (AvgIpc) is 2.16. The quantitative estimate of drug-likeness (QED) is 0.546. The Labute approximate surface area is 99.9 Å². The number of rotatable bonds is 3. The average molecular weight is 244 g/mol. The normalized spacial score (nSPS) is 14.4. The van der Waals surface area contributed by atoms with Crippen LogP contribution in [0.2, 0.25) is 0 Å². The van der Waals surface area contributed by atoms with E-state index in [1.54, 1.807) is 4.58 Å². The zero-order valence-corrected chi connectivity index (χ0v) is 10.1. The van der Waals surface area contributed by atoms with E-state index in [-0.39, 0.29) is 18.0 Å². The van der Waals surface area contributed by atoms with Gasteiger partial charge in [-0.05, 0) is 13.8 Å². The fraction of sp³-hybridized carbons (Fsp3) is 0.636. The molecule has 0 aromatic rings. The number of hydrogen-bond acceptors (Lipinski definition) is 4. The molecule has 0 amide bonds. The first kappa shape index (κ1) is 15.4. The Balaban J connectivity index is 0.000000325. The van der Waals surface area contributed by atoms with E-state index >= 15 is 0 Å². The van der Waals surface area contributed by atoms with E-state index in [1.807, 2.05) is 0 Å². The molecule has 1 aliphatic heterocycles. The second-order valence-corrected chi connectivity index (χ2v) is 3.70. The van der Waals surface area contributed by atoms with Crippen molar-refractivity contribution < 1.29 is 28.8 Å². The summed E-state index contributed by atoms with van der Waals surface area (Å²) in [4.78, 5) is 30.2. The number of nitrogens with zero attached hydrogens (tertiary/aromatic N) is 1. The number of carboxylic acid groups (broad SMARTS) is 1. The van der Waals surface area contributed by atoms with Crippen LogP contribution in [0.25, 0.3) is 0 Å². The summed E-state index contributed by atoms with van der Waals surface area (Å²) in [6, 6.07) is 0. The summed E-state index contributed by atoms with van der Waals surface area (Å²) >= 11 is 0. The lowest BCUT2D eigenvalue weighted by atomic mass is 10.2. The summed E-state index contributed by atoms with van der Waals surface area (Å²) in [6.45, 7) is 5.44. The first-order chi connectivity index (χ1) is 7.91. The molecule has 0 spiro atoms. The fourth-order valence-corrected chi connectivity index (χ4v) is 1.21. The minimum atomic E-state index is -0.887. The first-order valence-electron chi connectivity index (χ1n) is 5.30. The smallest absolute Gasteiger partial charge is 0.392 e. The van der Waals surface area contributed by atoms with Crippen molar-refractivity contribution in [2.75, 3.05) is 26.3 Å². The van der Waals surface area contributed by atoms with Crippen molar-refractivity contribution in [1.82, 2.24) is 0 Å². The van der Waals surface area contributed by atoms with E-state index < -0.39 is 5.97 Å². The summed E-state index contributed by atoms with van der Waals surface area (Å²) < 4.78 is 6.77. The molecule has 6 heteroatoms. The van der Waals surface area contributed by atoms with Crippen LogP contribution >= 0.6 is 0 Å². The predicted molar refractivity (Wildman–Crippen MR) is 60.5 cm³/mol. The zero-order chi connectivity index (χ0) is 13.3. The van der Waals surface area contributed by atoms with Gasteiger partial charge < -0.3 is 9.84 Å². The molecule has 0 atom stereocenters. The second kappa shape index (κ2) is 8.58. The van der Waals surface area contributed by atoms with Gasteiger partial charge in [-0.15, -0.1) is 0 Å². The molecular formula is C11H18NO5+. The van der Waals surface area contributed by atoms with Crippen LogP contribution in [0.4, 0.5) is 0 Å². The van der Waals surface area contributed by atoms with Gasteiger partial charge >= 0.3 is 5.97 Å². The zero-order valence-electron chi connectivity index (χ0n) is 10.1. The molecule has 0 radical (unpaired) electrons. The Bertz CT molecular complexity index is 302. The van der Waals surface area contributed by atoms with E-state index in [0.717, 1.165) is 0 Å².